The van der Waals surface area contributed by atoms with Crippen molar-refractivity contribution < 1.29 is 19.1 Å². The molecule has 0 heterocycles. The predicted octanol–water partition coefficient (Wildman–Crippen LogP) is 3.99. The molecule has 0 unspecified atom stereocenters. The Labute approximate surface area is 141 Å². The zero-order chi connectivity index (χ0) is 17.7. The quantitative estimate of drug-likeness (QED) is 0.485. The van der Waals surface area contributed by atoms with Crippen molar-refractivity contribution in [3.05, 3.63) is 70.8 Å². The molecule has 2 aromatic rings. The second-order valence-corrected chi connectivity index (χ2v) is 5.82. The molecule has 0 bridgehead atoms. The average molecular weight is 324 g/mol. The molecule has 0 saturated heterocycles. The molecule has 0 radical (unpaired) electrons. The van der Waals surface area contributed by atoms with Crippen molar-refractivity contribution in [1.29, 1.82) is 0 Å². The van der Waals surface area contributed by atoms with Crippen LogP contribution >= 0.6 is 0 Å². The maximum absolute atomic E-state index is 11.8. The highest BCUT2D eigenvalue weighted by molar-refractivity contribution is 5.93. The van der Waals surface area contributed by atoms with E-state index in [1.807, 2.05) is 39.8 Å². The molecule has 4 nitrogen and oxygen atoms in total. The summed E-state index contributed by atoms with van der Waals surface area (Å²) in [4.78, 5) is 23.6. The maximum Gasteiger partial charge on any atom is 0.336 e. The van der Waals surface area contributed by atoms with E-state index in [0.29, 0.717) is 11.5 Å². The maximum atomic E-state index is 11.8. The summed E-state index contributed by atoms with van der Waals surface area (Å²) < 4.78 is 10.4. The Morgan fingerprint density at radius 3 is 1.21 bits per heavy atom. The van der Waals surface area contributed by atoms with E-state index in [1.165, 1.54) is 0 Å². The van der Waals surface area contributed by atoms with Crippen LogP contribution in [0.25, 0.3) is 0 Å². The van der Waals surface area contributed by atoms with E-state index < -0.39 is 11.9 Å². The van der Waals surface area contributed by atoms with E-state index in [0.717, 1.165) is 34.4 Å². The summed E-state index contributed by atoms with van der Waals surface area (Å²) in [5.41, 5.74) is 3.99. The summed E-state index contributed by atoms with van der Waals surface area (Å²) in [6, 6.07) is 11.0. The smallest absolute Gasteiger partial charge is 0.336 e. The van der Waals surface area contributed by atoms with E-state index >= 15 is 0 Å². The highest BCUT2D eigenvalue weighted by Gasteiger charge is 2.06. The van der Waals surface area contributed by atoms with Crippen molar-refractivity contribution in [3.63, 3.8) is 0 Å². The molecule has 2 aromatic carbocycles. The number of hydrogen-bond donors (Lipinski definition) is 0. The molecule has 0 amide bonds. The van der Waals surface area contributed by atoms with Crippen molar-refractivity contribution in [2.75, 3.05) is 0 Å². The molecule has 0 aliphatic carbocycles. The average Bonchev–Trinajstić information content (AvgIpc) is 2.42. The number of rotatable bonds is 4. The molecular weight excluding hydrogens is 304 g/mol. The Kier molecular flexibility index (Phi) is 5.53. The lowest BCUT2D eigenvalue weighted by Gasteiger charge is -2.05. The first-order valence-corrected chi connectivity index (χ1v) is 7.60. The monoisotopic (exact) mass is 324 g/mol. The molecule has 0 aromatic heterocycles. The summed E-state index contributed by atoms with van der Waals surface area (Å²) >= 11 is 0. The van der Waals surface area contributed by atoms with Crippen LogP contribution in [0.1, 0.15) is 22.3 Å². The number of hydrogen-bond acceptors (Lipinski definition) is 4. The minimum absolute atomic E-state index is 0.449. The van der Waals surface area contributed by atoms with Crippen LogP contribution in [-0.2, 0) is 9.59 Å². The molecular formula is C20H20O4. The van der Waals surface area contributed by atoms with Crippen LogP contribution in [0.2, 0.25) is 0 Å². The first-order valence-electron chi connectivity index (χ1n) is 7.60. The van der Waals surface area contributed by atoms with Gasteiger partial charge in [0, 0.05) is 12.2 Å². The van der Waals surface area contributed by atoms with Gasteiger partial charge in [-0.3, -0.25) is 0 Å². The van der Waals surface area contributed by atoms with Crippen LogP contribution in [0.3, 0.4) is 0 Å². The first-order chi connectivity index (χ1) is 11.3. The van der Waals surface area contributed by atoms with Gasteiger partial charge in [0.15, 0.2) is 0 Å². The highest BCUT2D eigenvalue weighted by Crippen LogP contribution is 2.17. The van der Waals surface area contributed by atoms with Crippen LogP contribution in [0.4, 0.5) is 0 Å². The number of esters is 2. The fraction of sp³-hybridized carbons (Fsp3) is 0.200. The second-order valence-electron chi connectivity index (χ2n) is 5.82. The Bertz CT molecular complexity index is 695. The molecule has 2 rings (SSSR count). The zero-order valence-corrected chi connectivity index (χ0v) is 14.3. The van der Waals surface area contributed by atoms with Crippen molar-refractivity contribution in [1.82, 2.24) is 0 Å². The van der Waals surface area contributed by atoms with Gasteiger partial charge >= 0.3 is 11.9 Å². The summed E-state index contributed by atoms with van der Waals surface area (Å²) in [6.45, 7) is 7.67. The largest absolute Gasteiger partial charge is 0.423 e. The van der Waals surface area contributed by atoms with Gasteiger partial charge in [-0.05, 0) is 74.2 Å². The van der Waals surface area contributed by atoms with Gasteiger partial charge in [0.1, 0.15) is 11.5 Å². The van der Waals surface area contributed by atoms with Crippen molar-refractivity contribution in [2.24, 2.45) is 0 Å². The molecule has 0 aliphatic heterocycles. The van der Waals surface area contributed by atoms with Crippen LogP contribution in [0.5, 0.6) is 11.5 Å². The van der Waals surface area contributed by atoms with E-state index in [9.17, 15) is 9.59 Å². The molecule has 0 spiro atoms. The third-order valence-corrected chi connectivity index (χ3v) is 3.18. The third kappa shape index (κ3) is 5.39. The molecule has 4 heteroatoms. The van der Waals surface area contributed by atoms with Gasteiger partial charge in [0.25, 0.3) is 0 Å². The van der Waals surface area contributed by atoms with Gasteiger partial charge in [-0.25, -0.2) is 9.59 Å². The standard InChI is InChI=1S/C20H20O4/c1-13-7-14(2)10-17(9-13)23-19(21)5-6-20(22)24-18-11-15(3)8-16(4)12-18/h5-12H,1-4H3/b6-5-. The Hall–Kier alpha value is -2.88. The number of carbonyl (C=O) groups excluding carboxylic acids is 2. The lowest BCUT2D eigenvalue weighted by Crippen LogP contribution is -2.08. The summed E-state index contributed by atoms with van der Waals surface area (Å²) in [6.07, 6.45) is 2.12. The van der Waals surface area contributed by atoms with Crippen molar-refractivity contribution >= 4 is 11.9 Å². The Balaban J connectivity index is 1.96. The SMILES string of the molecule is Cc1cc(C)cc(OC(=O)/C=C\C(=O)Oc2cc(C)cc(C)c2)c1. The van der Waals surface area contributed by atoms with Gasteiger partial charge < -0.3 is 9.47 Å². The van der Waals surface area contributed by atoms with Gasteiger partial charge in [-0.1, -0.05) is 12.1 Å². The van der Waals surface area contributed by atoms with Gasteiger partial charge in [0.2, 0.25) is 0 Å². The summed E-state index contributed by atoms with van der Waals surface area (Å²) in [5, 5.41) is 0. The van der Waals surface area contributed by atoms with E-state index in [1.54, 1.807) is 24.3 Å². The number of carbonyl (C=O) groups is 2. The fourth-order valence-electron chi connectivity index (χ4n) is 2.42. The van der Waals surface area contributed by atoms with Crippen LogP contribution < -0.4 is 9.47 Å². The van der Waals surface area contributed by atoms with Crippen molar-refractivity contribution in [3.8, 4) is 11.5 Å². The number of aryl methyl sites for hydroxylation is 4. The summed E-state index contributed by atoms with van der Waals surface area (Å²) in [5.74, 6) is -0.357. The highest BCUT2D eigenvalue weighted by atomic mass is 16.5. The second kappa shape index (κ2) is 7.59. The van der Waals surface area contributed by atoms with E-state index in [2.05, 4.69) is 0 Å². The van der Waals surface area contributed by atoms with Crippen LogP contribution in [0.15, 0.2) is 48.6 Å². The van der Waals surface area contributed by atoms with Gasteiger partial charge in [0.05, 0.1) is 0 Å². The Morgan fingerprint density at radius 1 is 0.625 bits per heavy atom. The van der Waals surface area contributed by atoms with Gasteiger partial charge in [-0.15, -0.1) is 0 Å². The summed E-state index contributed by atoms with van der Waals surface area (Å²) in [7, 11) is 0. The molecule has 0 N–H and O–H groups in total. The molecule has 24 heavy (non-hydrogen) atoms. The third-order valence-electron chi connectivity index (χ3n) is 3.18. The normalized spacial score (nSPS) is 10.7. The molecule has 124 valence electrons. The molecule has 0 aliphatic rings. The first kappa shape index (κ1) is 17.5. The van der Waals surface area contributed by atoms with Crippen molar-refractivity contribution in [2.45, 2.75) is 27.7 Å². The van der Waals surface area contributed by atoms with Gasteiger partial charge in [-0.2, -0.15) is 0 Å². The predicted molar refractivity (Wildman–Crippen MR) is 92.2 cm³/mol. The Morgan fingerprint density at radius 2 is 0.917 bits per heavy atom. The number of ether oxygens (including phenoxy) is 2. The fourth-order valence-corrected chi connectivity index (χ4v) is 2.42. The molecule has 0 fully saturated rings. The minimum atomic E-state index is -0.627. The van der Waals surface area contributed by atoms with E-state index in [4.69, 9.17) is 9.47 Å². The van der Waals surface area contributed by atoms with E-state index in [-0.39, 0.29) is 0 Å². The lowest BCUT2D eigenvalue weighted by molar-refractivity contribution is -0.131. The topological polar surface area (TPSA) is 52.6 Å². The zero-order valence-electron chi connectivity index (χ0n) is 14.3. The molecule has 0 atom stereocenters. The minimum Gasteiger partial charge on any atom is -0.423 e. The van der Waals surface area contributed by atoms with Crippen LogP contribution in [-0.4, -0.2) is 11.9 Å². The lowest BCUT2D eigenvalue weighted by atomic mass is 10.1. The van der Waals surface area contributed by atoms with Crippen LogP contribution in [0, 0.1) is 27.7 Å². The number of benzene rings is 2. The molecule has 0 saturated carbocycles.